The highest BCUT2D eigenvalue weighted by molar-refractivity contribution is 8.00. The molecule has 43 heavy (non-hydrogen) atoms. The van der Waals surface area contributed by atoms with E-state index in [9.17, 15) is 19.7 Å². The van der Waals surface area contributed by atoms with E-state index in [2.05, 4.69) is 15.6 Å². The minimum Gasteiger partial charge on any atom is -0.494 e. The van der Waals surface area contributed by atoms with Gasteiger partial charge in [-0.2, -0.15) is 0 Å². The van der Waals surface area contributed by atoms with Crippen molar-refractivity contribution in [3.63, 3.8) is 0 Å². The molecular formula is C32H26N4O5S2. The number of thiazole rings is 1. The van der Waals surface area contributed by atoms with Gasteiger partial charge in [-0.3, -0.25) is 19.7 Å². The van der Waals surface area contributed by atoms with Crippen molar-refractivity contribution in [1.82, 2.24) is 4.98 Å². The Bertz CT molecular complexity index is 1710. The molecule has 5 aromatic rings. The smallest absolute Gasteiger partial charge is 0.269 e. The number of amides is 2. The van der Waals surface area contributed by atoms with Crippen LogP contribution >= 0.6 is 23.1 Å². The number of ether oxygens (including phenoxy) is 1. The fourth-order valence-electron chi connectivity index (χ4n) is 4.11. The van der Waals surface area contributed by atoms with E-state index >= 15 is 0 Å². The number of thioether (sulfide) groups is 1. The van der Waals surface area contributed by atoms with Crippen molar-refractivity contribution in [1.29, 1.82) is 0 Å². The molecule has 0 bridgehead atoms. The Morgan fingerprint density at radius 2 is 1.63 bits per heavy atom. The van der Waals surface area contributed by atoms with Crippen LogP contribution in [0, 0.1) is 10.1 Å². The molecule has 1 atom stereocenters. The fourth-order valence-corrected chi connectivity index (χ4v) is 5.86. The summed E-state index contributed by atoms with van der Waals surface area (Å²) in [6.45, 7) is 2.53. The van der Waals surface area contributed by atoms with Crippen LogP contribution in [0.3, 0.4) is 0 Å². The van der Waals surface area contributed by atoms with Gasteiger partial charge in [-0.05, 0) is 73.2 Å². The molecule has 0 aliphatic heterocycles. The quantitative estimate of drug-likeness (QED) is 0.0887. The van der Waals surface area contributed by atoms with Crippen LogP contribution in [0.2, 0.25) is 0 Å². The van der Waals surface area contributed by atoms with Crippen LogP contribution in [-0.4, -0.2) is 28.3 Å². The molecule has 2 N–H and O–H groups in total. The standard InChI is InChI=1S/C32H26N4O5S2/c1-2-41-26-16-10-21(11-17-26)28-20-42-32(34-28)35-31(38)29(22-6-4-3-5-7-22)43-27-18-12-24(13-19-27)33-30(37)23-8-14-25(15-9-23)36(39)40/h3-20,29H,2H2,1H3,(H,33,37)(H,34,35,38). The molecule has 11 heteroatoms. The van der Waals surface area contributed by atoms with Crippen molar-refractivity contribution < 1.29 is 19.2 Å². The van der Waals surface area contributed by atoms with E-state index in [0.717, 1.165) is 27.5 Å². The van der Waals surface area contributed by atoms with E-state index in [1.807, 2.05) is 79.0 Å². The number of hydrogen-bond acceptors (Lipinski definition) is 8. The van der Waals surface area contributed by atoms with E-state index in [0.29, 0.717) is 23.0 Å². The number of hydrogen-bond donors (Lipinski definition) is 2. The second-order valence-corrected chi connectivity index (χ2v) is 11.2. The van der Waals surface area contributed by atoms with E-state index in [1.54, 1.807) is 12.1 Å². The number of nitro benzene ring substituents is 1. The van der Waals surface area contributed by atoms with Gasteiger partial charge in [0.1, 0.15) is 11.0 Å². The van der Waals surface area contributed by atoms with Gasteiger partial charge in [0.05, 0.1) is 17.2 Å². The Labute approximate surface area is 256 Å². The molecule has 0 saturated carbocycles. The number of nitrogens with zero attached hydrogens (tertiary/aromatic N) is 2. The lowest BCUT2D eigenvalue weighted by Gasteiger charge is -2.16. The third kappa shape index (κ3) is 7.64. The lowest BCUT2D eigenvalue weighted by molar-refractivity contribution is -0.384. The first-order valence-electron chi connectivity index (χ1n) is 13.3. The molecule has 1 heterocycles. The number of benzene rings is 4. The summed E-state index contributed by atoms with van der Waals surface area (Å²) >= 11 is 2.74. The van der Waals surface area contributed by atoms with Crippen molar-refractivity contribution in [2.45, 2.75) is 17.1 Å². The zero-order valence-corrected chi connectivity index (χ0v) is 24.6. The van der Waals surface area contributed by atoms with Gasteiger partial charge >= 0.3 is 0 Å². The summed E-state index contributed by atoms with van der Waals surface area (Å²) in [6.07, 6.45) is 0. The number of non-ortho nitro benzene ring substituents is 1. The first-order chi connectivity index (χ1) is 20.9. The highest BCUT2D eigenvalue weighted by Crippen LogP contribution is 2.37. The van der Waals surface area contributed by atoms with Gasteiger partial charge in [0, 0.05) is 39.2 Å². The molecule has 1 aromatic heterocycles. The molecule has 216 valence electrons. The van der Waals surface area contributed by atoms with Gasteiger partial charge in [-0.15, -0.1) is 23.1 Å². The molecule has 0 radical (unpaired) electrons. The molecule has 2 amide bonds. The van der Waals surface area contributed by atoms with Gasteiger partial charge in [0.25, 0.3) is 11.6 Å². The van der Waals surface area contributed by atoms with Gasteiger partial charge in [0.15, 0.2) is 5.13 Å². The normalized spacial score (nSPS) is 11.4. The first-order valence-corrected chi connectivity index (χ1v) is 15.0. The van der Waals surface area contributed by atoms with E-state index in [4.69, 9.17) is 4.74 Å². The summed E-state index contributed by atoms with van der Waals surface area (Å²) in [5, 5.41) is 18.5. The van der Waals surface area contributed by atoms with Crippen LogP contribution in [0.1, 0.15) is 28.1 Å². The number of carbonyl (C=O) groups is 2. The van der Waals surface area contributed by atoms with Crippen LogP contribution in [0.5, 0.6) is 5.75 Å². The Kier molecular flexibility index (Phi) is 9.45. The maximum atomic E-state index is 13.5. The second-order valence-electron chi connectivity index (χ2n) is 9.18. The molecule has 0 spiro atoms. The monoisotopic (exact) mass is 610 g/mol. The number of anilines is 2. The highest BCUT2D eigenvalue weighted by Gasteiger charge is 2.23. The zero-order chi connectivity index (χ0) is 30.2. The average Bonchev–Trinajstić information content (AvgIpc) is 3.50. The van der Waals surface area contributed by atoms with Crippen molar-refractivity contribution in [2.24, 2.45) is 0 Å². The van der Waals surface area contributed by atoms with Gasteiger partial charge in [0.2, 0.25) is 5.91 Å². The van der Waals surface area contributed by atoms with E-state index in [-0.39, 0.29) is 17.5 Å². The number of nitro groups is 1. The van der Waals surface area contributed by atoms with Crippen LogP contribution in [0.25, 0.3) is 11.3 Å². The van der Waals surface area contributed by atoms with Crippen molar-refractivity contribution in [3.05, 3.63) is 130 Å². The Morgan fingerprint density at radius 1 is 0.930 bits per heavy atom. The van der Waals surface area contributed by atoms with Crippen molar-refractivity contribution >= 4 is 51.4 Å². The molecule has 4 aromatic carbocycles. The summed E-state index contributed by atoms with van der Waals surface area (Å²) < 4.78 is 5.51. The molecule has 9 nitrogen and oxygen atoms in total. The van der Waals surface area contributed by atoms with E-state index in [1.165, 1.54) is 47.4 Å². The van der Waals surface area contributed by atoms with Crippen LogP contribution in [-0.2, 0) is 4.79 Å². The molecule has 1 unspecified atom stereocenters. The first kappa shape index (κ1) is 29.5. The lowest BCUT2D eigenvalue weighted by Crippen LogP contribution is -2.19. The maximum absolute atomic E-state index is 13.5. The summed E-state index contributed by atoms with van der Waals surface area (Å²) in [5.74, 6) is 0.196. The van der Waals surface area contributed by atoms with Crippen LogP contribution < -0.4 is 15.4 Å². The summed E-state index contributed by atoms with van der Waals surface area (Å²) in [5.41, 5.74) is 3.30. The Morgan fingerprint density at radius 3 is 2.28 bits per heavy atom. The lowest BCUT2D eigenvalue weighted by atomic mass is 10.1. The third-order valence-corrected chi connectivity index (χ3v) is 8.27. The predicted octanol–water partition coefficient (Wildman–Crippen LogP) is 7.84. The number of nitrogens with one attached hydrogen (secondary N) is 2. The molecule has 0 saturated heterocycles. The molecule has 0 aliphatic rings. The highest BCUT2D eigenvalue weighted by atomic mass is 32.2. The Hall–Kier alpha value is -5.00. The minimum absolute atomic E-state index is 0.0853. The SMILES string of the molecule is CCOc1ccc(-c2csc(NC(=O)C(Sc3ccc(NC(=O)c4ccc([N+](=O)[O-])cc4)cc3)c3ccccc3)n2)cc1. The molecule has 0 fully saturated rings. The summed E-state index contributed by atoms with van der Waals surface area (Å²) in [6, 6.07) is 29.7. The number of aromatic nitrogens is 1. The number of rotatable bonds is 11. The van der Waals surface area contributed by atoms with Gasteiger partial charge in [-0.25, -0.2) is 4.98 Å². The molecule has 0 aliphatic carbocycles. The molecular weight excluding hydrogens is 585 g/mol. The van der Waals surface area contributed by atoms with E-state index < -0.39 is 10.2 Å². The van der Waals surface area contributed by atoms with Crippen molar-refractivity contribution in [2.75, 3.05) is 17.2 Å². The largest absolute Gasteiger partial charge is 0.494 e. The average molecular weight is 611 g/mol. The van der Waals surface area contributed by atoms with Crippen LogP contribution in [0.4, 0.5) is 16.5 Å². The summed E-state index contributed by atoms with van der Waals surface area (Å²) in [7, 11) is 0. The zero-order valence-electron chi connectivity index (χ0n) is 22.9. The topological polar surface area (TPSA) is 123 Å². The van der Waals surface area contributed by atoms with Gasteiger partial charge < -0.3 is 15.4 Å². The minimum atomic E-state index is -0.556. The Balaban J connectivity index is 1.26. The van der Waals surface area contributed by atoms with Crippen molar-refractivity contribution in [3.8, 4) is 17.0 Å². The number of carbonyl (C=O) groups excluding carboxylic acids is 2. The summed E-state index contributed by atoms with van der Waals surface area (Å²) in [4.78, 5) is 41.9. The van der Waals surface area contributed by atoms with Gasteiger partial charge in [-0.1, -0.05) is 30.3 Å². The maximum Gasteiger partial charge on any atom is 0.269 e. The third-order valence-electron chi connectivity index (χ3n) is 6.24. The predicted molar refractivity (Wildman–Crippen MR) is 170 cm³/mol. The second kappa shape index (κ2) is 13.8. The fraction of sp³-hybridized carbons (Fsp3) is 0.0938. The molecule has 5 rings (SSSR count). The van der Waals surface area contributed by atoms with Crippen LogP contribution in [0.15, 0.2) is 113 Å².